The van der Waals surface area contributed by atoms with Crippen molar-refractivity contribution in [3.8, 4) is 5.75 Å². The maximum atomic E-state index is 12.5. The topological polar surface area (TPSA) is 76.6 Å². The van der Waals surface area contributed by atoms with Crippen molar-refractivity contribution in [3.63, 3.8) is 0 Å². The second-order valence-electron chi connectivity index (χ2n) is 8.19. The molecule has 7 nitrogen and oxygen atoms in total. The van der Waals surface area contributed by atoms with Crippen LogP contribution in [-0.2, 0) is 4.74 Å². The predicted octanol–water partition coefficient (Wildman–Crippen LogP) is 5.65. The number of amides is 1. The molecule has 1 amide bonds. The Bertz CT molecular complexity index is 918. The number of aromatic nitrogens is 2. The first kappa shape index (κ1) is 22.4. The lowest BCUT2D eigenvalue weighted by atomic mass is 9.90. The summed E-state index contributed by atoms with van der Waals surface area (Å²) in [5.41, 5.74) is 1.29. The van der Waals surface area contributed by atoms with E-state index in [1.54, 1.807) is 12.0 Å². The van der Waals surface area contributed by atoms with Gasteiger partial charge in [0.25, 0.3) is 0 Å². The normalized spacial score (nSPS) is 16.9. The van der Waals surface area contributed by atoms with Crippen LogP contribution in [0.3, 0.4) is 0 Å². The van der Waals surface area contributed by atoms with Gasteiger partial charge in [0.05, 0.1) is 19.0 Å². The Morgan fingerprint density at radius 3 is 2.77 bits per heavy atom. The first-order chi connectivity index (χ1) is 14.2. The zero-order valence-electron chi connectivity index (χ0n) is 17.5. The zero-order chi connectivity index (χ0) is 21.9. The molecule has 9 heteroatoms. The summed E-state index contributed by atoms with van der Waals surface area (Å²) < 4.78 is 11.1. The number of ether oxygens (including phenoxy) is 2. The predicted molar refractivity (Wildman–Crippen MR) is 118 cm³/mol. The molecule has 30 heavy (non-hydrogen) atoms. The molecule has 1 N–H and O–H groups in total. The van der Waals surface area contributed by atoms with E-state index in [0.29, 0.717) is 35.4 Å². The highest BCUT2D eigenvalue weighted by atomic mass is 35.5. The summed E-state index contributed by atoms with van der Waals surface area (Å²) in [7, 11) is 1.60. The molecule has 0 saturated carbocycles. The van der Waals surface area contributed by atoms with Gasteiger partial charge < -0.3 is 19.7 Å². The van der Waals surface area contributed by atoms with E-state index in [0.717, 1.165) is 18.4 Å². The summed E-state index contributed by atoms with van der Waals surface area (Å²) in [5, 5.41) is 3.59. The first-order valence-corrected chi connectivity index (χ1v) is 10.5. The van der Waals surface area contributed by atoms with Gasteiger partial charge in [0.1, 0.15) is 16.4 Å². The van der Waals surface area contributed by atoms with Crippen LogP contribution >= 0.6 is 23.2 Å². The Balaban J connectivity index is 1.77. The smallest absolute Gasteiger partial charge is 0.410 e. The number of anilines is 2. The van der Waals surface area contributed by atoms with Crippen LogP contribution in [0.1, 0.15) is 45.1 Å². The fourth-order valence-corrected chi connectivity index (χ4v) is 3.64. The number of methoxy groups -OCH3 is 1. The number of halogens is 2. The number of carbonyl (C=O) groups excluding carboxylic acids is 1. The summed E-state index contributed by atoms with van der Waals surface area (Å²) in [6.07, 6.45) is 3.07. The molecule has 1 saturated heterocycles. The largest absolute Gasteiger partial charge is 0.495 e. The highest BCUT2D eigenvalue weighted by Gasteiger charge is 2.28. The number of rotatable bonds is 4. The number of nitrogens with one attached hydrogen (secondary N) is 1. The van der Waals surface area contributed by atoms with E-state index < -0.39 is 5.60 Å². The van der Waals surface area contributed by atoms with Crippen molar-refractivity contribution < 1.29 is 14.3 Å². The van der Waals surface area contributed by atoms with Gasteiger partial charge in [0, 0.05) is 19.0 Å². The molecule has 0 spiro atoms. The maximum absolute atomic E-state index is 12.5. The lowest BCUT2D eigenvalue weighted by molar-refractivity contribution is 0.0198. The van der Waals surface area contributed by atoms with Crippen LogP contribution in [0.5, 0.6) is 5.75 Å². The third-order valence-electron chi connectivity index (χ3n) is 4.74. The van der Waals surface area contributed by atoms with E-state index in [1.165, 1.54) is 6.20 Å². The molecule has 0 bridgehead atoms. The second kappa shape index (κ2) is 9.27. The summed E-state index contributed by atoms with van der Waals surface area (Å²) >= 11 is 12.0. The van der Waals surface area contributed by atoms with E-state index in [9.17, 15) is 4.79 Å². The van der Waals surface area contributed by atoms with Crippen LogP contribution in [0.15, 0.2) is 24.4 Å². The van der Waals surface area contributed by atoms with Crippen LogP contribution in [0, 0.1) is 0 Å². The van der Waals surface area contributed by atoms with Crippen LogP contribution in [0.2, 0.25) is 10.3 Å². The molecule has 1 unspecified atom stereocenters. The molecule has 0 radical (unpaired) electrons. The van der Waals surface area contributed by atoms with Gasteiger partial charge in [-0.2, -0.15) is 4.98 Å². The molecule has 1 aromatic carbocycles. The van der Waals surface area contributed by atoms with E-state index >= 15 is 0 Å². The molecular weight excluding hydrogens is 427 g/mol. The molecule has 1 aliphatic heterocycles. The lowest BCUT2D eigenvalue weighted by Gasteiger charge is -2.34. The Hall–Kier alpha value is -2.25. The number of hydrogen-bond donors (Lipinski definition) is 1. The van der Waals surface area contributed by atoms with Gasteiger partial charge in [0.2, 0.25) is 5.28 Å². The zero-order valence-corrected chi connectivity index (χ0v) is 19.0. The Labute approximate surface area is 186 Å². The Morgan fingerprint density at radius 2 is 2.07 bits per heavy atom. The maximum Gasteiger partial charge on any atom is 0.410 e. The quantitative estimate of drug-likeness (QED) is 0.603. The van der Waals surface area contributed by atoms with Crippen LogP contribution in [0.25, 0.3) is 0 Å². The van der Waals surface area contributed by atoms with Crippen LogP contribution in [-0.4, -0.2) is 46.8 Å². The molecule has 162 valence electrons. The number of hydrogen-bond acceptors (Lipinski definition) is 6. The molecule has 1 aromatic heterocycles. The monoisotopic (exact) mass is 452 g/mol. The van der Waals surface area contributed by atoms with E-state index in [1.807, 2.05) is 39.0 Å². The third kappa shape index (κ3) is 5.67. The minimum absolute atomic E-state index is 0.0990. The average molecular weight is 453 g/mol. The fourth-order valence-electron chi connectivity index (χ4n) is 3.37. The van der Waals surface area contributed by atoms with Gasteiger partial charge in [-0.25, -0.2) is 9.78 Å². The minimum atomic E-state index is -0.508. The lowest BCUT2D eigenvalue weighted by Crippen LogP contribution is -2.42. The second-order valence-corrected chi connectivity index (χ2v) is 8.93. The highest BCUT2D eigenvalue weighted by Crippen LogP contribution is 2.35. The van der Waals surface area contributed by atoms with E-state index in [-0.39, 0.29) is 17.3 Å². The Morgan fingerprint density at radius 1 is 1.30 bits per heavy atom. The number of benzene rings is 1. The molecule has 2 aromatic rings. The third-order valence-corrected chi connectivity index (χ3v) is 5.20. The van der Waals surface area contributed by atoms with Gasteiger partial charge in [-0.05, 0) is 62.9 Å². The first-order valence-electron chi connectivity index (χ1n) is 9.77. The van der Waals surface area contributed by atoms with Crippen molar-refractivity contribution >= 4 is 40.8 Å². The number of nitrogens with zero attached hydrogens (tertiary/aromatic N) is 3. The van der Waals surface area contributed by atoms with Crippen molar-refractivity contribution in [2.24, 2.45) is 0 Å². The molecule has 3 rings (SSSR count). The SMILES string of the molecule is COc1cc(C2CCCN(C(=O)OC(C)(C)C)C2)ccc1Nc1nc(Cl)ncc1Cl. The van der Waals surface area contributed by atoms with Crippen molar-refractivity contribution in [2.75, 3.05) is 25.5 Å². The number of likely N-dealkylation sites (tertiary alicyclic amines) is 1. The van der Waals surface area contributed by atoms with Gasteiger partial charge in [-0.15, -0.1) is 0 Å². The summed E-state index contributed by atoms with van der Waals surface area (Å²) in [6, 6.07) is 5.90. The number of carbonyl (C=O) groups is 1. The molecule has 0 aliphatic carbocycles. The van der Waals surface area contributed by atoms with Gasteiger partial charge >= 0.3 is 6.09 Å². The Kier molecular flexibility index (Phi) is 6.93. The van der Waals surface area contributed by atoms with Crippen molar-refractivity contribution in [1.82, 2.24) is 14.9 Å². The average Bonchev–Trinajstić information content (AvgIpc) is 2.70. The van der Waals surface area contributed by atoms with E-state index in [4.69, 9.17) is 32.7 Å². The molecule has 1 fully saturated rings. The van der Waals surface area contributed by atoms with Crippen molar-refractivity contribution in [1.29, 1.82) is 0 Å². The van der Waals surface area contributed by atoms with Crippen LogP contribution < -0.4 is 10.1 Å². The summed E-state index contributed by atoms with van der Waals surface area (Å²) in [6.45, 7) is 6.94. The fraction of sp³-hybridized carbons (Fsp3) is 0.476. The van der Waals surface area contributed by atoms with E-state index in [2.05, 4.69) is 15.3 Å². The van der Waals surface area contributed by atoms with Crippen molar-refractivity contribution in [3.05, 3.63) is 40.3 Å². The van der Waals surface area contributed by atoms with Crippen LogP contribution in [0.4, 0.5) is 16.3 Å². The highest BCUT2D eigenvalue weighted by molar-refractivity contribution is 6.33. The van der Waals surface area contributed by atoms with Gasteiger partial charge in [-0.3, -0.25) is 0 Å². The van der Waals surface area contributed by atoms with Gasteiger partial charge in [0.15, 0.2) is 5.82 Å². The number of piperidine rings is 1. The minimum Gasteiger partial charge on any atom is -0.495 e. The summed E-state index contributed by atoms with van der Waals surface area (Å²) in [4.78, 5) is 22.2. The molecule has 1 aliphatic rings. The molecule has 2 heterocycles. The van der Waals surface area contributed by atoms with Crippen molar-refractivity contribution in [2.45, 2.75) is 45.1 Å². The molecule has 1 atom stereocenters. The standard InChI is InChI=1S/C21H26Cl2N4O3/c1-21(2,3)30-20(28)27-9-5-6-14(12-27)13-7-8-16(17(10-13)29-4)25-18-15(22)11-24-19(23)26-18/h7-8,10-11,14H,5-6,9,12H2,1-4H3,(H,24,25,26). The summed E-state index contributed by atoms with van der Waals surface area (Å²) in [5.74, 6) is 1.25. The molecular formula is C21H26Cl2N4O3. The van der Waals surface area contributed by atoms with Gasteiger partial charge in [-0.1, -0.05) is 17.7 Å².